The Balaban J connectivity index is 0.959. The minimum Gasteiger partial charge on any atom is -0.482 e. The maximum Gasteiger partial charge on any atom is 0.189 e. The lowest BCUT2D eigenvalue weighted by Crippen LogP contribution is -2.77. The molecule has 1 N–H and O–H groups in total. The van der Waals surface area contributed by atoms with Crippen molar-refractivity contribution in [3.63, 3.8) is 0 Å². The third-order valence-electron chi connectivity index (χ3n) is 11.4. The second kappa shape index (κ2) is 19.6. The number of aliphatic hydroxyl groups is 1. The van der Waals surface area contributed by atoms with E-state index in [4.69, 9.17) is 52.1 Å². The average molecular weight is 724 g/mol. The molecule has 2 saturated carbocycles. The molecule has 0 unspecified atom stereocenters. The number of ether oxygens (including phenoxy) is 11. The van der Waals surface area contributed by atoms with Gasteiger partial charge in [0.25, 0.3) is 0 Å². The molecule has 290 valence electrons. The number of likely N-dealkylation sites (tertiary alicyclic amines) is 1. The quantitative estimate of drug-likeness (QED) is 0.106. The Kier molecular flexibility index (Phi) is 15.0. The molecule has 5 atom stereocenters. The van der Waals surface area contributed by atoms with Gasteiger partial charge in [0.1, 0.15) is 6.10 Å². The van der Waals surface area contributed by atoms with E-state index >= 15 is 0 Å². The van der Waals surface area contributed by atoms with Crippen molar-refractivity contribution in [2.45, 2.75) is 74.2 Å². The van der Waals surface area contributed by atoms with Crippen molar-refractivity contribution in [2.75, 3.05) is 127 Å². The van der Waals surface area contributed by atoms with E-state index in [1.807, 2.05) is 6.07 Å². The summed E-state index contributed by atoms with van der Waals surface area (Å²) in [6.45, 7) is 9.24. The molecule has 1 aromatic carbocycles. The minimum atomic E-state index is -0.894. The molecule has 13 heteroatoms. The van der Waals surface area contributed by atoms with E-state index in [9.17, 15) is 5.11 Å². The van der Waals surface area contributed by atoms with E-state index in [1.54, 1.807) is 14.2 Å². The Morgan fingerprint density at radius 1 is 0.745 bits per heavy atom. The number of rotatable bonds is 27. The van der Waals surface area contributed by atoms with Crippen LogP contribution in [-0.4, -0.2) is 160 Å². The fourth-order valence-electron chi connectivity index (χ4n) is 8.77. The Morgan fingerprint density at radius 3 is 1.96 bits per heavy atom. The fraction of sp³-hybridized carbons (Fsp3) is 0.842. The molecule has 1 spiro atoms. The predicted molar refractivity (Wildman–Crippen MR) is 187 cm³/mol. The van der Waals surface area contributed by atoms with Gasteiger partial charge in [0.2, 0.25) is 0 Å². The van der Waals surface area contributed by atoms with E-state index in [0.29, 0.717) is 105 Å². The number of piperidine rings is 1. The zero-order chi connectivity index (χ0) is 35.4. The largest absolute Gasteiger partial charge is 0.482 e. The molecular formula is C38H61NO12. The van der Waals surface area contributed by atoms with Gasteiger partial charge < -0.3 is 57.2 Å². The zero-order valence-electron chi connectivity index (χ0n) is 30.8. The van der Waals surface area contributed by atoms with Gasteiger partial charge in [-0.3, -0.25) is 4.90 Å². The summed E-state index contributed by atoms with van der Waals surface area (Å²) in [4.78, 5) is 2.60. The molecule has 5 aliphatic rings. The lowest BCUT2D eigenvalue weighted by Gasteiger charge is -2.64. The van der Waals surface area contributed by atoms with Crippen molar-refractivity contribution >= 4 is 0 Å². The average Bonchev–Trinajstić information content (AvgIpc) is 3.47. The van der Waals surface area contributed by atoms with Crippen LogP contribution >= 0.6 is 0 Å². The van der Waals surface area contributed by atoms with E-state index in [2.05, 4.69) is 11.0 Å². The molecule has 0 amide bonds. The summed E-state index contributed by atoms with van der Waals surface area (Å²) < 4.78 is 63.1. The summed E-state index contributed by atoms with van der Waals surface area (Å²) in [6, 6.07) is 4.26. The second-order valence-electron chi connectivity index (χ2n) is 14.3. The molecule has 2 bridgehead atoms. The van der Waals surface area contributed by atoms with E-state index in [-0.39, 0.29) is 25.0 Å². The topological polar surface area (TPSA) is 125 Å². The number of benzene rings is 1. The molecule has 1 aromatic rings. The van der Waals surface area contributed by atoms with Gasteiger partial charge in [-0.1, -0.05) is 12.5 Å². The van der Waals surface area contributed by atoms with Crippen LogP contribution in [0.5, 0.6) is 11.5 Å². The monoisotopic (exact) mass is 723 g/mol. The van der Waals surface area contributed by atoms with Gasteiger partial charge in [-0.2, -0.15) is 0 Å². The highest BCUT2D eigenvalue weighted by Gasteiger charge is 2.73. The van der Waals surface area contributed by atoms with Crippen molar-refractivity contribution in [2.24, 2.45) is 5.92 Å². The lowest BCUT2D eigenvalue weighted by atomic mass is 9.48. The molecule has 51 heavy (non-hydrogen) atoms. The first-order valence-electron chi connectivity index (χ1n) is 19.1. The minimum absolute atomic E-state index is 0.0695. The summed E-state index contributed by atoms with van der Waals surface area (Å²) in [6.07, 6.45) is 6.52. The van der Waals surface area contributed by atoms with Gasteiger partial charge in [-0.05, 0) is 62.6 Å². The van der Waals surface area contributed by atoms with Crippen LogP contribution in [0, 0.1) is 5.92 Å². The van der Waals surface area contributed by atoms with Crippen LogP contribution in [0.3, 0.4) is 0 Å². The molecule has 2 heterocycles. The Bertz CT molecular complexity index is 1190. The molecule has 1 saturated heterocycles. The van der Waals surface area contributed by atoms with Crippen LogP contribution in [0.25, 0.3) is 0 Å². The number of nitrogens with zero attached hydrogens (tertiary/aromatic N) is 1. The Labute approximate surface area is 303 Å². The van der Waals surface area contributed by atoms with Crippen molar-refractivity contribution in [3.8, 4) is 11.5 Å². The molecule has 3 aliphatic carbocycles. The molecule has 0 radical (unpaired) electrons. The van der Waals surface area contributed by atoms with Crippen molar-refractivity contribution in [3.05, 3.63) is 23.3 Å². The van der Waals surface area contributed by atoms with Crippen molar-refractivity contribution in [1.29, 1.82) is 0 Å². The molecular weight excluding hydrogens is 662 g/mol. The zero-order valence-corrected chi connectivity index (χ0v) is 30.8. The lowest BCUT2D eigenvalue weighted by molar-refractivity contribution is -0.218. The molecule has 2 aliphatic heterocycles. The van der Waals surface area contributed by atoms with Gasteiger partial charge in [0.05, 0.1) is 110 Å². The first kappa shape index (κ1) is 39.1. The Morgan fingerprint density at radius 2 is 1.35 bits per heavy atom. The Hall–Kier alpha value is -1.62. The molecule has 13 nitrogen and oxygen atoms in total. The highest BCUT2D eigenvalue weighted by atomic mass is 16.7. The number of hydrogen-bond donors (Lipinski definition) is 1. The number of methoxy groups -OCH3 is 2. The summed E-state index contributed by atoms with van der Waals surface area (Å²) in [5.74, 6) is 2.16. The first-order valence-corrected chi connectivity index (χ1v) is 19.1. The first-order chi connectivity index (χ1) is 25.1. The van der Waals surface area contributed by atoms with Crippen LogP contribution < -0.4 is 9.47 Å². The molecule has 3 fully saturated rings. The summed E-state index contributed by atoms with van der Waals surface area (Å²) in [7, 11) is 3.30. The van der Waals surface area contributed by atoms with E-state index in [0.717, 1.165) is 49.6 Å². The van der Waals surface area contributed by atoms with Gasteiger partial charge in [0.15, 0.2) is 18.3 Å². The second-order valence-corrected chi connectivity index (χ2v) is 14.3. The summed E-state index contributed by atoms with van der Waals surface area (Å²) in [5, 5.41) is 12.9. The SMILES string of the molecule is COCCOCCOCCOCCOCCOCCO[C@H]1CC[C@@]2(O)[C@H]3Cc4ccc(OCOCCOC)c5c4[C@@]2(CCN3CC2CCC2)[C@H]1O5. The van der Waals surface area contributed by atoms with Crippen LogP contribution in [0.15, 0.2) is 12.1 Å². The third-order valence-corrected chi connectivity index (χ3v) is 11.4. The van der Waals surface area contributed by atoms with Gasteiger partial charge in [-0.15, -0.1) is 0 Å². The highest BCUT2D eigenvalue weighted by molar-refractivity contribution is 5.63. The van der Waals surface area contributed by atoms with Gasteiger partial charge >= 0.3 is 0 Å². The van der Waals surface area contributed by atoms with Gasteiger partial charge in [0, 0.05) is 32.4 Å². The summed E-state index contributed by atoms with van der Waals surface area (Å²) in [5.41, 5.74) is 0.951. The third kappa shape index (κ3) is 9.03. The van der Waals surface area contributed by atoms with Crippen LogP contribution in [0.4, 0.5) is 0 Å². The number of hydrogen-bond acceptors (Lipinski definition) is 13. The van der Waals surface area contributed by atoms with Gasteiger partial charge in [-0.25, -0.2) is 0 Å². The maximum absolute atomic E-state index is 12.9. The fourth-order valence-corrected chi connectivity index (χ4v) is 8.77. The van der Waals surface area contributed by atoms with Crippen LogP contribution in [0.2, 0.25) is 0 Å². The molecule has 0 aromatic heterocycles. The van der Waals surface area contributed by atoms with Crippen molar-refractivity contribution < 1.29 is 57.2 Å². The van der Waals surface area contributed by atoms with Crippen LogP contribution in [0.1, 0.15) is 49.7 Å². The van der Waals surface area contributed by atoms with Crippen molar-refractivity contribution in [1.82, 2.24) is 4.90 Å². The normalized spacial score (nSPS) is 28.0. The van der Waals surface area contributed by atoms with E-state index in [1.165, 1.54) is 24.8 Å². The maximum atomic E-state index is 12.9. The smallest absolute Gasteiger partial charge is 0.189 e. The highest BCUT2D eigenvalue weighted by Crippen LogP contribution is 2.66. The molecule has 6 rings (SSSR count). The summed E-state index contributed by atoms with van der Waals surface area (Å²) >= 11 is 0. The standard InChI is InChI=1S/C38H61NO12/c1-41-12-14-43-16-17-44-18-19-45-20-21-46-22-23-47-24-25-49-32-8-9-38(40)33-26-30-6-7-31(50-28-48-15-13-42-2)35-34(30)37(38,36(32)51-35)10-11-39(33)27-29-4-3-5-29/h6-7,29,32-33,36,40H,3-5,8-28H2,1-2H3/t32-,33+,36-,37-,38+/m0/s1. The van der Waals surface area contributed by atoms with Crippen LogP contribution in [-0.2, 0) is 54.5 Å². The van der Waals surface area contributed by atoms with E-state index < -0.39 is 11.0 Å². The predicted octanol–water partition coefficient (Wildman–Crippen LogP) is 2.75.